The molecule has 2 aromatic carbocycles. The molecule has 0 bridgehead atoms. The van der Waals surface area contributed by atoms with E-state index in [4.69, 9.17) is 70.2 Å². The highest BCUT2D eigenvalue weighted by atomic mass is 35.5. The van der Waals surface area contributed by atoms with Gasteiger partial charge in [-0.1, -0.05) is 64.1 Å². The summed E-state index contributed by atoms with van der Waals surface area (Å²) in [5.74, 6) is 0.407. The quantitative estimate of drug-likeness (QED) is 0.394. The zero-order chi connectivity index (χ0) is 19.6. The summed E-state index contributed by atoms with van der Waals surface area (Å²) in [6.07, 6.45) is 1.67. The summed E-state index contributed by atoms with van der Waals surface area (Å²) in [5.41, 5.74) is 1.47. The smallest absolute Gasteiger partial charge is 0.176 e. The van der Waals surface area contributed by atoms with Gasteiger partial charge in [0.1, 0.15) is 5.02 Å². The summed E-state index contributed by atoms with van der Waals surface area (Å²) in [6, 6.07) is 10.3. The molecule has 0 aliphatic rings. The number of anilines is 2. The van der Waals surface area contributed by atoms with E-state index in [0.717, 1.165) is 5.56 Å². The molecule has 0 aliphatic carbocycles. The van der Waals surface area contributed by atoms with Crippen molar-refractivity contribution in [1.29, 1.82) is 0 Å². The molecule has 0 amide bonds. The second-order valence-corrected chi connectivity index (χ2v) is 7.96. The van der Waals surface area contributed by atoms with Gasteiger partial charge >= 0.3 is 0 Å². The average Bonchev–Trinajstić information content (AvgIpc) is 2.92. The van der Waals surface area contributed by atoms with Crippen molar-refractivity contribution in [2.75, 3.05) is 10.6 Å². The summed E-state index contributed by atoms with van der Waals surface area (Å²) < 4.78 is 1.65. The van der Waals surface area contributed by atoms with E-state index in [9.17, 15) is 0 Å². The Labute approximate surface area is 186 Å². The third-order valence-corrected chi connectivity index (χ3v) is 5.09. The first kappa shape index (κ1) is 20.5. The van der Waals surface area contributed by atoms with Gasteiger partial charge in [0.2, 0.25) is 0 Å². The van der Waals surface area contributed by atoms with Gasteiger partial charge in [0, 0.05) is 21.3 Å². The molecule has 140 valence electrons. The topological polar surface area (TPSA) is 41.9 Å². The summed E-state index contributed by atoms with van der Waals surface area (Å²) in [4.78, 5) is 0. The lowest BCUT2D eigenvalue weighted by atomic mass is 10.2. The number of nitrogens with one attached hydrogen (secondary N) is 2. The zero-order valence-electron chi connectivity index (χ0n) is 13.4. The molecule has 0 unspecified atom stereocenters. The minimum absolute atomic E-state index is 0.288. The van der Waals surface area contributed by atoms with Crippen LogP contribution in [0.1, 0.15) is 5.56 Å². The number of hydrogen-bond donors (Lipinski definition) is 2. The van der Waals surface area contributed by atoms with Gasteiger partial charge in [-0.15, -0.1) is 0 Å². The van der Waals surface area contributed by atoms with Gasteiger partial charge in [0.15, 0.2) is 10.9 Å². The lowest BCUT2D eigenvalue weighted by Gasteiger charge is -2.10. The van der Waals surface area contributed by atoms with Crippen LogP contribution in [0.5, 0.6) is 0 Å². The van der Waals surface area contributed by atoms with Crippen LogP contribution >= 0.6 is 70.2 Å². The van der Waals surface area contributed by atoms with Crippen LogP contribution in [0.2, 0.25) is 25.1 Å². The Bertz CT molecular complexity index is 1000. The van der Waals surface area contributed by atoms with Crippen LogP contribution in [-0.2, 0) is 6.54 Å². The molecule has 0 radical (unpaired) electrons. The standard InChI is InChI=1S/C17H11Cl5N4S/c18-10-2-1-9(12(20)5-10)7-26-8-14(22)16(25-26)24-17(27)23-15-4-3-11(19)6-13(15)21/h1-6,8H,7H2,(H2,23,24,25,27). The minimum Gasteiger partial charge on any atom is -0.331 e. The Hall–Kier alpha value is -1.21. The minimum atomic E-state index is 0.288. The van der Waals surface area contributed by atoms with Crippen molar-refractivity contribution < 1.29 is 0 Å². The monoisotopic (exact) mass is 478 g/mol. The largest absolute Gasteiger partial charge is 0.331 e. The maximum absolute atomic E-state index is 6.24. The van der Waals surface area contributed by atoms with E-state index in [1.807, 2.05) is 6.07 Å². The van der Waals surface area contributed by atoms with Gasteiger partial charge in [-0.25, -0.2) is 0 Å². The van der Waals surface area contributed by atoms with Crippen LogP contribution in [-0.4, -0.2) is 14.9 Å². The fourth-order valence-electron chi connectivity index (χ4n) is 2.24. The van der Waals surface area contributed by atoms with Crippen molar-refractivity contribution in [3.63, 3.8) is 0 Å². The summed E-state index contributed by atoms with van der Waals surface area (Å²) in [5, 5.41) is 13.1. The number of aromatic nitrogens is 2. The molecule has 1 heterocycles. The van der Waals surface area contributed by atoms with E-state index in [0.29, 0.717) is 43.2 Å². The fourth-order valence-corrected chi connectivity index (χ4v) is 3.57. The fraction of sp³-hybridized carbons (Fsp3) is 0.0588. The number of thiocarbonyl (C=S) groups is 1. The van der Waals surface area contributed by atoms with E-state index in [1.165, 1.54) is 0 Å². The summed E-state index contributed by atoms with van der Waals surface area (Å²) >= 11 is 35.7. The number of benzene rings is 2. The first-order chi connectivity index (χ1) is 12.8. The third kappa shape index (κ3) is 5.41. The van der Waals surface area contributed by atoms with Gasteiger partial charge in [-0.3, -0.25) is 4.68 Å². The molecule has 0 aliphatic heterocycles. The van der Waals surface area contributed by atoms with E-state index in [-0.39, 0.29) is 5.11 Å². The normalized spacial score (nSPS) is 10.7. The Morgan fingerprint density at radius 1 is 0.889 bits per heavy atom. The van der Waals surface area contributed by atoms with Gasteiger partial charge in [-0.05, 0) is 48.1 Å². The maximum atomic E-state index is 6.24. The van der Waals surface area contributed by atoms with Crippen molar-refractivity contribution in [1.82, 2.24) is 9.78 Å². The molecule has 1 aromatic heterocycles. The first-order valence-corrected chi connectivity index (χ1v) is 9.81. The highest BCUT2D eigenvalue weighted by Gasteiger charge is 2.11. The van der Waals surface area contributed by atoms with E-state index < -0.39 is 0 Å². The predicted octanol–water partition coefficient (Wildman–Crippen LogP) is 7.01. The van der Waals surface area contributed by atoms with Crippen molar-refractivity contribution in [2.45, 2.75) is 6.54 Å². The molecule has 27 heavy (non-hydrogen) atoms. The molecule has 0 spiro atoms. The van der Waals surface area contributed by atoms with Crippen molar-refractivity contribution in [2.24, 2.45) is 0 Å². The molecular weight excluding hydrogens is 470 g/mol. The van der Waals surface area contributed by atoms with Crippen molar-refractivity contribution in [3.05, 3.63) is 73.3 Å². The van der Waals surface area contributed by atoms with Gasteiger partial charge in [0.05, 0.1) is 17.3 Å². The lowest BCUT2D eigenvalue weighted by Crippen LogP contribution is -2.20. The van der Waals surface area contributed by atoms with Crippen LogP contribution in [0.15, 0.2) is 42.6 Å². The van der Waals surface area contributed by atoms with E-state index in [1.54, 1.807) is 41.2 Å². The van der Waals surface area contributed by atoms with Crippen LogP contribution in [0, 0.1) is 0 Å². The number of rotatable bonds is 4. The Balaban J connectivity index is 1.69. The second kappa shape index (κ2) is 8.86. The van der Waals surface area contributed by atoms with Crippen molar-refractivity contribution in [3.8, 4) is 0 Å². The molecule has 0 atom stereocenters. The predicted molar refractivity (Wildman–Crippen MR) is 119 cm³/mol. The highest BCUT2D eigenvalue weighted by Crippen LogP contribution is 2.27. The molecule has 0 saturated heterocycles. The van der Waals surface area contributed by atoms with E-state index >= 15 is 0 Å². The summed E-state index contributed by atoms with van der Waals surface area (Å²) in [6.45, 7) is 0.431. The van der Waals surface area contributed by atoms with Gasteiger partial charge < -0.3 is 10.6 Å². The second-order valence-electron chi connectivity index (χ2n) is 5.46. The third-order valence-electron chi connectivity index (χ3n) is 3.48. The van der Waals surface area contributed by atoms with Crippen molar-refractivity contribution >= 4 is 86.8 Å². The van der Waals surface area contributed by atoms with Crippen LogP contribution in [0.3, 0.4) is 0 Å². The Kier molecular flexibility index (Phi) is 6.74. The number of halogens is 5. The highest BCUT2D eigenvalue weighted by molar-refractivity contribution is 7.80. The number of hydrogen-bond acceptors (Lipinski definition) is 2. The Morgan fingerprint density at radius 2 is 1.56 bits per heavy atom. The first-order valence-electron chi connectivity index (χ1n) is 7.52. The molecule has 10 heteroatoms. The van der Waals surface area contributed by atoms with Gasteiger partial charge in [0.25, 0.3) is 0 Å². The van der Waals surface area contributed by atoms with Crippen LogP contribution < -0.4 is 10.6 Å². The maximum Gasteiger partial charge on any atom is 0.176 e. The molecule has 4 nitrogen and oxygen atoms in total. The number of nitrogens with zero attached hydrogens (tertiary/aromatic N) is 2. The van der Waals surface area contributed by atoms with Gasteiger partial charge in [-0.2, -0.15) is 5.10 Å². The lowest BCUT2D eigenvalue weighted by molar-refractivity contribution is 0.690. The molecular formula is C17H11Cl5N4S. The molecule has 0 fully saturated rings. The zero-order valence-corrected chi connectivity index (χ0v) is 18.0. The Morgan fingerprint density at radius 3 is 2.22 bits per heavy atom. The van der Waals surface area contributed by atoms with E-state index in [2.05, 4.69) is 15.7 Å². The molecule has 3 rings (SSSR count). The van der Waals surface area contributed by atoms with Crippen LogP contribution in [0.4, 0.5) is 11.5 Å². The molecule has 2 N–H and O–H groups in total. The molecule has 3 aromatic rings. The summed E-state index contributed by atoms with van der Waals surface area (Å²) in [7, 11) is 0. The molecule has 0 saturated carbocycles. The SMILES string of the molecule is S=C(Nc1ccc(Cl)cc1Cl)Nc1nn(Cc2ccc(Cl)cc2Cl)cc1Cl. The average molecular weight is 481 g/mol. The van der Waals surface area contributed by atoms with Crippen LogP contribution in [0.25, 0.3) is 0 Å².